The Morgan fingerprint density at radius 3 is 2.33 bits per heavy atom. The van der Waals surface area contributed by atoms with Crippen LogP contribution in [-0.2, 0) is 0 Å². The van der Waals surface area contributed by atoms with E-state index in [2.05, 4.69) is 0 Å². The SMILES string of the molecule is OCC[C@@H](O)c1ccc(Cl)cc1. The van der Waals surface area contributed by atoms with Gasteiger partial charge in [0.05, 0.1) is 6.10 Å². The van der Waals surface area contributed by atoms with E-state index in [1.165, 1.54) is 0 Å². The Bertz CT molecular complexity index is 233. The second-order valence-electron chi connectivity index (χ2n) is 2.58. The van der Waals surface area contributed by atoms with E-state index in [0.29, 0.717) is 11.4 Å². The molecule has 2 N–H and O–H groups in total. The van der Waals surface area contributed by atoms with Crippen molar-refractivity contribution in [2.24, 2.45) is 0 Å². The summed E-state index contributed by atoms with van der Waals surface area (Å²) in [6.07, 6.45) is -0.228. The van der Waals surface area contributed by atoms with Crippen LogP contribution in [0.15, 0.2) is 24.3 Å². The predicted octanol–water partition coefficient (Wildman–Crippen LogP) is 1.76. The Morgan fingerprint density at radius 2 is 1.83 bits per heavy atom. The van der Waals surface area contributed by atoms with Crippen LogP contribution in [0.2, 0.25) is 5.02 Å². The first-order chi connectivity index (χ1) is 5.74. The standard InChI is InChI=1S/C9H11ClO2/c10-8-3-1-7(2-4-8)9(12)5-6-11/h1-4,9,11-12H,5-6H2/t9-/m1/s1. The average Bonchev–Trinajstić information content (AvgIpc) is 2.06. The van der Waals surface area contributed by atoms with Gasteiger partial charge in [0, 0.05) is 18.1 Å². The van der Waals surface area contributed by atoms with Gasteiger partial charge in [0.15, 0.2) is 0 Å². The molecular formula is C9H11ClO2. The molecule has 66 valence electrons. The Labute approximate surface area is 76.4 Å². The summed E-state index contributed by atoms with van der Waals surface area (Å²) in [5, 5.41) is 18.6. The van der Waals surface area contributed by atoms with Crippen LogP contribution >= 0.6 is 11.6 Å². The molecule has 0 amide bonds. The molecule has 0 saturated carbocycles. The lowest BCUT2D eigenvalue weighted by atomic mass is 10.1. The van der Waals surface area contributed by atoms with Crippen LogP contribution in [0.5, 0.6) is 0 Å². The van der Waals surface area contributed by atoms with Crippen molar-refractivity contribution in [3.05, 3.63) is 34.9 Å². The molecule has 2 nitrogen and oxygen atoms in total. The molecule has 0 bridgehead atoms. The molecule has 12 heavy (non-hydrogen) atoms. The van der Waals surface area contributed by atoms with Gasteiger partial charge in [0.2, 0.25) is 0 Å². The molecule has 0 aromatic heterocycles. The van der Waals surface area contributed by atoms with Crippen LogP contribution in [0.4, 0.5) is 0 Å². The van der Waals surface area contributed by atoms with E-state index in [1.807, 2.05) is 0 Å². The maximum absolute atomic E-state index is 9.41. The molecular weight excluding hydrogens is 176 g/mol. The van der Waals surface area contributed by atoms with Gasteiger partial charge in [-0.2, -0.15) is 0 Å². The van der Waals surface area contributed by atoms with Gasteiger partial charge >= 0.3 is 0 Å². The second-order valence-corrected chi connectivity index (χ2v) is 3.02. The van der Waals surface area contributed by atoms with Gasteiger partial charge in [0.25, 0.3) is 0 Å². The summed E-state index contributed by atoms with van der Waals surface area (Å²) in [7, 11) is 0. The molecule has 0 aliphatic rings. The van der Waals surface area contributed by atoms with E-state index in [-0.39, 0.29) is 6.61 Å². The van der Waals surface area contributed by atoms with Gasteiger partial charge in [-0.3, -0.25) is 0 Å². The zero-order chi connectivity index (χ0) is 8.97. The van der Waals surface area contributed by atoms with Crippen molar-refractivity contribution < 1.29 is 10.2 Å². The third-order valence-corrected chi connectivity index (χ3v) is 1.91. The first kappa shape index (κ1) is 9.52. The smallest absolute Gasteiger partial charge is 0.0811 e. The van der Waals surface area contributed by atoms with Crippen molar-refractivity contribution in [3.63, 3.8) is 0 Å². The van der Waals surface area contributed by atoms with Crippen LogP contribution in [0, 0.1) is 0 Å². The van der Waals surface area contributed by atoms with E-state index in [0.717, 1.165) is 5.56 Å². The predicted molar refractivity (Wildman–Crippen MR) is 48.1 cm³/mol. The minimum absolute atomic E-state index is 0.0101. The quantitative estimate of drug-likeness (QED) is 0.755. The summed E-state index contributed by atoms with van der Waals surface area (Å²) in [6.45, 7) is -0.0101. The number of hydrogen-bond acceptors (Lipinski definition) is 2. The molecule has 1 atom stereocenters. The van der Waals surface area contributed by atoms with Crippen LogP contribution in [0.25, 0.3) is 0 Å². The van der Waals surface area contributed by atoms with E-state index in [4.69, 9.17) is 16.7 Å². The molecule has 0 unspecified atom stereocenters. The van der Waals surface area contributed by atoms with Crippen LogP contribution in [-0.4, -0.2) is 16.8 Å². The largest absolute Gasteiger partial charge is 0.396 e. The van der Waals surface area contributed by atoms with Crippen LogP contribution in [0.1, 0.15) is 18.1 Å². The molecule has 0 heterocycles. The number of aliphatic hydroxyl groups is 2. The van der Waals surface area contributed by atoms with Gasteiger partial charge in [-0.15, -0.1) is 0 Å². The van der Waals surface area contributed by atoms with Crippen molar-refractivity contribution in [1.82, 2.24) is 0 Å². The van der Waals surface area contributed by atoms with E-state index >= 15 is 0 Å². The molecule has 0 aliphatic carbocycles. The Balaban J connectivity index is 2.68. The Kier molecular flexibility index (Phi) is 3.53. The van der Waals surface area contributed by atoms with Crippen molar-refractivity contribution >= 4 is 11.6 Å². The molecule has 0 fully saturated rings. The lowest BCUT2D eigenvalue weighted by Gasteiger charge is -2.08. The minimum Gasteiger partial charge on any atom is -0.396 e. The first-order valence-corrected chi connectivity index (χ1v) is 4.16. The van der Waals surface area contributed by atoms with E-state index in [9.17, 15) is 5.11 Å². The molecule has 1 aromatic carbocycles. The van der Waals surface area contributed by atoms with Gasteiger partial charge in [-0.05, 0) is 17.7 Å². The van der Waals surface area contributed by atoms with Gasteiger partial charge in [-0.25, -0.2) is 0 Å². The monoisotopic (exact) mass is 186 g/mol. The Morgan fingerprint density at radius 1 is 1.25 bits per heavy atom. The highest BCUT2D eigenvalue weighted by atomic mass is 35.5. The third kappa shape index (κ3) is 2.48. The lowest BCUT2D eigenvalue weighted by molar-refractivity contribution is 0.134. The zero-order valence-corrected chi connectivity index (χ0v) is 7.33. The highest BCUT2D eigenvalue weighted by molar-refractivity contribution is 6.30. The van der Waals surface area contributed by atoms with Crippen molar-refractivity contribution in [3.8, 4) is 0 Å². The summed E-state index contributed by atoms with van der Waals surface area (Å²) < 4.78 is 0. The minimum atomic E-state index is -0.590. The number of hydrogen-bond donors (Lipinski definition) is 2. The van der Waals surface area contributed by atoms with Gasteiger partial charge in [0.1, 0.15) is 0 Å². The fraction of sp³-hybridized carbons (Fsp3) is 0.333. The highest BCUT2D eigenvalue weighted by Crippen LogP contribution is 2.18. The Hall–Kier alpha value is -0.570. The lowest BCUT2D eigenvalue weighted by Crippen LogP contribution is -1.99. The van der Waals surface area contributed by atoms with Crippen molar-refractivity contribution in [2.45, 2.75) is 12.5 Å². The van der Waals surface area contributed by atoms with Gasteiger partial charge in [-0.1, -0.05) is 23.7 Å². The van der Waals surface area contributed by atoms with E-state index < -0.39 is 6.10 Å². The zero-order valence-electron chi connectivity index (χ0n) is 6.57. The number of rotatable bonds is 3. The summed E-state index contributed by atoms with van der Waals surface area (Å²) >= 11 is 5.66. The molecule has 0 saturated heterocycles. The number of halogens is 1. The fourth-order valence-corrected chi connectivity index (χ4v) is 1.10. The first-order valence-electron chi connectivity index (χ1n) is 3.78. The summed E-state index contributed by atoms with van der Waals surface area (Å²) in [5.41, 5.74) is 0.786. The summed E-state index contributed by atoms with van der Waals surface area (Å²) in [5.74, 6) is 0. The highest BCUT2D eigenvalue weighted by Gasteiger charge is 2.05. The molecule has 3 heteroatoms. The maximum atomic E-state index is 9.41. The number of benzene rings is 1. The van der Waals surface area contributed by atoms with Gasteiger partial charge < -0.3 is 10.2 Å². The molecule has 0 spiro atoms. The van der Waals surface area contributed by atoms with Crippen LogP contribution < -0.4 is 0 Å². The summed E-state index contributed by atoms with van der Waals surface area (Å²) in [4.78, 5) is 0. The van der Waals surface area contributed by atoms with Crippen molar-refractivity contribution in [1.29, 1.82) is 0 Å². The topological polar surface area (TPSA) is 40.5 Å². The molecule has 1 rings (SSSR count). The average molecular weight is 187 g/mol. The normalized spacial score (nSPS) is 12.9. The molecule has 1 aromatic rings. The molecule has 0 aliphatic heterocycles. The van der Waals surface area contributed by atoms with E-state index in [1.54, 1.807) is 24.3 Å². The van der Waals surface area contributed by atoms with Crippen LogP contribution in [0.3, 0.4) is 0 Å². The van der Waals surface area contributed by atoms with Crippen molar-refractivity contribution in [2.75, 3.05) is 6.61 Å². The maximum Gasteiger partial charge on any atom is 0.0811 e. The fourth-order valence-electron chi connectivity index (χ4n) is 0.974. The summed E-state index contributed by atoms with van der Waals surface area (Å²) in [6, 6.07) is 6.94. The second kappa shape index (κ2) is 4.45. The number of aliphatic hydroxyl groups excluding tert-OH is 2. The molecule has 0 radical (unpaired) electrons. The third-order valence-electron chi connectivity index (χ3n) is 1.66.